The van der Waals surface area contributed by atoms with E-state index in [1.807, 2.05) is 6.92 Å². The van der Waals surface area contributed by atoms with Crippen LogP contribution in [-0.4, -0.2) is 35.6 Å². The van der Waals surface area contributed by atoms with Gasteiger partial charge >= 0.3 is 5.97 Å². The molecule has 1 amide bonds. The monoisotopic (exact) mass is 214 g/mol. The van der Waals surface area contributed by atoms with E-state index in [-0.39, 0.29) is 24.4 Å². The van der Waals surface area contributed by atoms with Crippen molar-refractivity contribution in [2.45, 2.75) is 44.7 Å². The summed E-state index contributed by atoms with van der Waals surface area (Å²) in [5.74, 6) is -0.660. The molecule has 15 heavy (non-hydrogen) atoms. The molecule has 1 heterocycles. The van der Waals surface area contributed by atoms with Gasteiger partial charge in [0.1, 0.15) is 0 Å². The van der Waals surface area contributed by atoms with Crippen molar-refractivity contribution in [3.05, 3.63) is 0 Å². The van der Waals surface area contributed by atoms with Crippen LogP contribution in [0.2, 0.25) is 0 Å². The third kappa shape index (κ3) is 4.78. The van der Waals surface area contributed by atoms with E-state index >= 15 is 0 Å². The molecule has 86 valence electrons. The smallest absolute Gasteiger partial charge is 0.303 e. The Bertz CT molecular complexity index is 233. The molecule has 0 spiro atoms. The molecule has 0 bridgehead atoms. The predicted molar refractivity (Wildman–Crippen MR) is 55.5 cm³/mol. The molecule has 0 aliphatic carbocycles. The maximum Gasteiger partial charge on any atom is 0.303 e. The number of piperidine rings is 1. The number of carbonyl (C=O) groups excluding carboxylic acids is 1. The minimum Gasteiger partial charge on any atom is -0.481 e. The Morgan fingerprint density at radius 1 is 1.73 bits per heavy atom. The summed E-state index contributed by atoms with van der Waals surface area (Å²) < 4.78 is 0. The Kier molecular flexibility index (Phi) is 4.55. The molecule has 0 aromatic heterocycles. The van der Waals surface area contributed by atoms with Crippen LogP contribution in [0.1, 0.15) is 32.6 Å². The Balaban J connectivity index is 2.17. The Morgan fingerprint density at radius 3 is 3.00 bits per heavy atom. The molecule has 2 unspecified atom stereocenters. The fourth-order valence-electron chi connectivity index (χ4n) is 1.70. The lowest BCUT2D eigenvalue weighted by molar-refractivity contribution is -0.137. The molecule has 0 aromatic rings. The Hall–Kier alpha value is -1.10. The number of amides is 1. The normalized spacial score (nSPS) is 23.3. The molecule has 1 fully saturated rings. The number of aliphatic carboxylic acids is 1. The zero-order chi connectivity index (χ0) is 11.3. The molecule has 2 atom stereocenters. The van der Waals surface area contributed by atoms with Crippen molar-refractivity contribution in [1.29, 1.82) is 0 Å². The zero-order valence-electron chi connectivity index (χ0n) is 8.95. The summed E-state index contributed by atoms with van der Waals surface area (Å²) in [4.78, 5) is 21.2. The average molecular weight is 214 g/mol. The number of rotatable bonds is 5. The van der Waals surface area contributed by atoms with Crippen molar-refractivity contribution in [2.75, 3.05) is 6.54 Å². The fraction of sp³-hybridized carbons (Fsp3) is 0.800. The summed E-state index contributed by atoms with van der Waals surface area (Å²) in [6.07, 6.45) is 2.21. The Labute approximate surface area is 89.2 Å². The van der Waals surface area contributed by atoms with Gasteiger partial charge in [-0.1, -0.05) is 0 Å². The van der Waals surface area contributed by atoms with Crippen molar-refractivity contribution in [3.63, 3.8) is 0 Å². The highest BCUT2D eigenvalue weighted by atomic mass is 16.4. The minimum atomic E-state index is -0.763. The van der Waals surface area contributed by atoms with Crippen LogP contribution >= 0.6 is 0 Å². The fourth-order valence-corrected chi connectivity index (χ4v) is 1.70. The van der Waals surface area contributed by atoms with Crippen molar-refractivity contribution in [3.8, 4) is 0 Å². The van der Waals surface area contributed by atoms with Crippen LogP contribution in [0.5, 0.6) is 0 Å². The second-order valence-corrected chi connectivity index (χ2v) is 4.04. The largest absolute Gasteiger partial charge is 0.481 e. The zero-order valence-corrected chi connectivity index (χ0v) is 8.95. The first-order valence-electron chi connectivity index (χ1n) is 5.32. The van der Waals surface area contributed by atoms with Crippen LogP contribution in [0.4, 0.5) is 0 Å². The van der Waals surface area contributed by atoms with Crippen LogP contribution in [0.3, 0.4) is 0 Å². The summed E-state index contributed by atoms with van der Waals surface area (Å²) in [7, 11) is 0. The van der Waals surface area contributed by atoms with E-state index in [1.165, 1.54) is 0 Å². The molecule has 3 N–H and O–H groups in total. The van der Waals surface area contributed by atoms with Gasteiger partial charge in [-0.15, -0.1) is 0 Å². The summed E-state index contributed by atoms with van der Waals surface area (Å²) in [6, 6.07) is 0.465. The number of carbonyl (C=O) groups is 2. The quantitative estimate of drug-likeness (QED) is 0.607. The van der Waals surface area contributed by atoms with Gasteiger partial charge in [-0.2, -0.15) is 0 Å². The number of hydrogen-bond donors (Lipinski definition) is 3. The van der Waals surface area contributed by atoms with Crippen LogP contribution < -0.4 is 10.6 Å². The summed E-state index contributed by atoms with van der Waals surface area (Å²) in [5, 5.41) is 14.6. The van der Waals surface area contributed by atoms with Crippen LogP contribution in [0.15, 0.2) is 0 Å². The van der Waals surface area contributed by atoms with E-state index in [0.29, 0.717) is 19.4 Å². The van der Waals surface area contributed by atoms with E-state index in [0.717, 1.165) is 6.42 Å². The number of nitrogens with one attached hydrogen (secondary N) is 2. The van der Waals surface area contributed by atoms with Crippen molar-refractivity contribution >= 4 is 11.9 Å². The Morgan fingerprint density at radius 2 is 2.47 bits per heavy atom. The van der Waals surface area contributed by atoms with Crippen molar-refractivity contribution < 1.29 is 14.7 Å². The number of carboxylic acid groups (broad SMARTS) is 1. The standard InChI is InChI=1S/C10H18N2O3/c1-7(2-5-10(14)15)12-8-3-4-9(13)11-6-8/h7-8,12H,2-6H2,1H3,(H,11,13)(H,14,15). The topological polar surface area (TPSA) is 78.4 Å². The molecule has 0 aromatic carbocycles. The molecule has 1 rings (SSSR count). The third-order valence-corrected chi connectivity index (χ3v) is 2.58. The van der Waals surface area contributed by atoms with E-state index in [4.69, 9.17) is 5.11 Å². The van der Waals surface area contributed by atoms with Crippen molar-refractivity contribution in [2.24, 2.45) is 0 Å². The first kappa shape index (κ1) is 12.0. The summed E-state index contributed by atoms with van der Waals surface area (Å²) in [6.45, 7) is 2.62. The van der Waals surface area contributed by atoms with Gasteiger partial charge in [0.05, 0.1) is 0 Å². The molecule has 5 heteroatoms. The molecular weight excluding hydrogens is 196 g/mol. The summed E-state index contributed by atoms with van der Waals surface area (Å²) >= 11 is 0. The number of carboxylic acids is 1. The second-order valence-electron chi connectivity index (χ2n) is 4.04. The molecule has 1 saturated heterocycles. The van der Waals surface area contributed by atoms with E-state index in [1.54, 1.807) is 0 Å². The summed E-state index contributed by atoms with van der Waals surface area (Å²) in [5.41, 5.74) is 0. The molecule has 0 radical (unpaired) electrons. The highest BCUT2D eigenvalue weighted by Gasteiger charge is 2.19. The molecule has 5 nitrogen and oxygen atoms in total. The van der Waals surface area contributed by atoms with Gasteiger partial charge in [0.2, 0.25) is 5.91 Å². The highest BCUT2D eigenvalue weighted by Crippen LogP contribution is 2.05. The van der Waals surface area contributed by atoms with Gasteiger partial charge in [-0.3, -0.25) is 9.59 Å². The SMILES string of the molecule is CC(CCC(=O)O)NC1CCC(=O)NC1. The van der Waals surface area contributed by atoms with Crippen LogP contribution in [0, 0.1) is 0 Å². The van der Waals surface area contributed by atoms with Gasteiger partial charge in [0.15, 0.2) is 0 Å². The van der Waals surface area contributed by atoms with E-state index in [9.17, 15) is 9.59 Å². The van der Waals surface area contributed by atoms with Gasteiger partial charge in [-0.25, -0.2) is 0 Å². The molecule has 1 aliphatic heterocycles. The van der Waals surface area contributed by atoms with Crippen LogP contribution in [0.25, 0.3) is 0 Å². The third-order valence-electron chi connectivity index (χ3n) is 2.58. The molecule has 0 saturated carbocycles. The van der Waals surface area contributed by atoms with Crippen molar-refractivity contribution in [1.82, 2.24) is 10.6 Å². The maximum absolute atomic E-state index is 10.9. The predicted octanol–water partition coefficient (Wildman–Crippen LogP) is 0.108. The van der Waals surface area contributed by atoms with E-state index in [2.05, 4.69) is 10.6 Å². The van der Waals surface area contributed by atoms with Gasteiger partial charge in [-0.05, 0) is 19.8 Å². The second kappa shape index (κ2) is 5.70. The number of hydrogen-bond acceptors (Lipinski definition) is 3. The minimum absolute atomic E-state index is 0.103. The molecular formula is C10H18N2O3. The lowest BCUT2D eigenvalue weighted by Gasteiger charge is -2.26. The first-order chi connectivity index (χ1) is 7.08. The highest BCUT2D eigenvalue weighted by molar-refractivity contribution is 5.76. The van der Waals surface area contributed by atoms with Gasteiger partial charge in [0.25, 0.3) is 0 Å². The first-order valence-corrected chi connectivity index (χ1v) is 5.32. The van der Waals surface area contributed by atoms with E-state index < -0.39 is 5.97 Å². The van der Waals surface area contributed by atoms with Gasteiger partial charge in [0, 0.05) is 31.5 Å². The van der Waals surface area contributed by atoms with Crippen LogP contribution in [-0.2, 0) is 9.59 Å². The lowest BCUT2D eigenvalue weighted by atomic mass is 10.0. The average Bonchev–Trinajstić information content (AvgIpc) is 2.19. The molecule has 1 aliphatic rings. The maximum atomic E-state index is 10.9. The lowest BCUT2D eigenvalue weighted by Crippen LogP contribution is -2.48. The van der Waals surface area contributed by atoms with Gasteiger partial charge < -0.3 is 15.7 Å².